The molecule has 0 bridgehead atoms. The highest BCUT2D eigenvalue weighted by Crippen LogP contribution is 2.27. The maximum Gasteiger partial charge on any atom is 0.258 e. The molecular weight excluding hydrogens is 392 g/mol. The van der Waals surface area contributed by atoms with Crippen molar-refractivity contribution in [3.8, 4) is 5.75 Å². The predicted molar refractivity (Wildman–Crippen MR) is 83.6 cm³/mol. The van der Waals surface area contributed by atoms with Crippen molar-refractivity contribution in [1.82, 2.24) is 10.6 Å². The average Bonchev–Trinajstić information content (AvgIpc) is 2.37. The standard InChI is InChI=1S/C13H16Br2N2O3/c1-3-16-13(19)8(2)17-12(18)7-20-11-5-4-9(14)6-10(11)15/h4-6,8H,3,7H2,1-2H3,(H,16,19)(H,17,18)/t8-/m0/s1. The molecule has 2 amide bonds. The lowest BCUT2D eigenvalue weighted by Crippen LogP contribution is -2.46. The van der Waals surface area contributed by atoms with E-state index in [-0.39, 0.29) is 18.4 Å². The zero-order valence-corrected chi connectivity index (χ0v) is 14.4. The molecular formula is C13H16Br2N2O3. The third kappa shape index (κ3) is 5.50. The first kappa shape index (κ1) is 17.0. The number of rotatable bonds is 6. The van der Waals surface area contributed by atoms with Gasteiger partial charge in [0.15, 0.2) is 6.61 Å². The molecule has 0 saturated heterocycles. The number of carbonyl (C=O) groups is 2. The number of carbonyl (C=O) groups excluding carboxylic acids is 2. The van der Waals surface area contributed by atoms with Crippen molar-refractivity contribution in [2.45, 2.75) is 19.9 Å². The number of amides is 2. The van der Waals surface area contributed by atoms with Gasteiger partial charge in [0.1, 0.15) is 11.8 Å². The van der Waals surface area contributed by atoms with Gasteiger partial charge in [-0.25, -0.2) is 0 Å². The molecule has 0 saturated carbocycles. The van der Waals surface area contributed by atoms with E-state index in [4.69, 9.17) is 4.74 Å². The van der Waals surface area contributed by atoms with Gasteiger partial charge in [-0.1, -0.05) is 15.9 Å². The number of benzene rings is 1. The summed E-state index contributed by atoms with van der Waals surface area (Å²) < 4.78 is 7.04. The van der Waals surface area contributed by atoms with E-state index in [0.717, 1.165) is 8.95 Å². The molecule has 7 heteroatoms. The predicted octanol–water partition coefficient (Wildman–Crippen LogP) is 2.23. The summed E-state index contributed by atoms with van der Waals surface area (Å²) in [6.45, 7) is 3.82. The van der Waals surface area contributed by atoms with Crippen LogP contribution >= 0.6 is 31.9 Å². The second-order valence-corrected chi connectivity index (χ2v) is 5.82. The molecule has 0 spiro atoms. The minimum atomic E-state index is -0.584. The number of hydrogen-bond acceptors (Lipinski definition) is 3. The summed E-state index contributed by atoms with van der Waals surface area (Å²) >= 11 is 6.67. The van der Waals surface area contributed by atoms with Gasteiger partial charge in [0.2, 0.25) is 5.91 Å². The summed E-state index contributed by atoms with van der Waals surface area (Å²) in [6, 6.07) is 4.80. The Bertz CT molecular complexity index is 495. The molecule has 0 unspecified atom stereocenters. The molecule has 2 N–H and O–H groups in total. The molecule has 20 heavy (non-hydrogen) atoms. The second-order valence-electron chi connectivity index (χ2n) is 4.05. The van der Waals surface area contributed by atoms with E-state index >= 15 is 0 Å². The molecule has 1 aromatic carbocycles. The quantitative estimate of drug-likeness (QED) is 0.759. The Morgan fingerprint density at radius 3 is 2.65 bits per heavy atom. The normalized spacial score (nSPS) is 11.6. The van der Waals surface area contributed by atoms with Gasteiger partial charge in [-0.05, 0) is 48.0 Å². The molecule has 0 heterocycles. The molecule has 1 rings (SSSR count). The first-order valence-corrected chi connectivity index (χ1v) is 7.67. The van der Waals surface area contributed by atoms with Gasteiger partial charge in [0, 0.05) is 11.0 Å². The van der Waals surface area contributed by atoms with Crippen LogP contribution in [0.2, 0.25) is 0 Å². The minimum absolute atomic E-state index is 0.149. The van der Waals surface area contributed by atoms with E-state index < -0.39 is 6.04 Å². The molecule has 110 valence electrons. The summed E-state index contributed by atoms with van der Waals surface area (Å²) in [5.41, 5.74) is 0. The van der Waals surface area contributed by atoms with Crippen LogP contribution < -0.4 is 15.4 Å². The van der Waals surface area contributed by atoms with Crippen molar-refractivity contribution in [1.29, 1.82) is 0 Å². The van der Waals surface area contributed by atoms with Gasteiger partial charge >= 0.3 is 0 Å². The maximum absolute atomic E-state index is 11.7. The van der Waals surface area contributed by atoms with Gasteiger partial charge in [0.25, 0.3) is 5.91 Å². The van der Waals surface area contributed by atoms with E-state index in [0.29, 0.717) is 12.3 Å². The topological polar surface area (TPSA) is 67.4 Å². The summed E-state index contributed by atoms with van der Waals surface area (Å²) in [5, 5.41) is 5.20. The Labute approximate surface area is 134 Å². The van der Waals surface area contributed by atoms with Crippen LogP contribution in [0.4, 0.5) is 0 Å². The summed E-state index contributed by atoms with van der Waals surface area (Å²) in [7, 11) is 0. The highest BCUT2D eigenvalue weighted by atomic mass is 79.9. The number of likely N-dealkylation sites (N-methyl/N-ethyl adjacent to an activating group) is 1. The Morgan fingerprint density at radius 2 is 2.05 bits per heavy atom. The highest BCUT2D eigenvalue weighted by Gasteiger charge is 2.15. The smallest absolute Gasteiger partial charge is 0.258 e. The Hall–Kier alpha value is -1.08. The van der Waals surface area contributed by atoms with Gasteiger partial charge < -0.3 is 15.4 Å². The van der Waals surface area contributed by atoms with E-state index in [1.165, 1.54) is 0 Å². The van der Waals surface area contributed by atoms with Crippen molar-refractivity contribution >= 4 is 43.7 Å². The lowest BCUT2D eigenvalue weighted by molar-refractivity contribution is -0.129. The van der Waals surface area contributed by atoms with Crippen molar-refractivity contribution in [3.05, 3.63) is 27.1 Å². The zero-order chi connectivity index (χ0) is 15.1. The number of ether oxygens (including phenoxy) is 1. The van der Waals surface area contributed by atoms with Crippen molar-refractivity contribution in [2.24, 2.45) is 0 Å². The second kappa shape index (κ2) is 8.26. The SMILES string of the molecule is CCNC(=O)[C@H](C)NC(=O)COc1ccc(Br)cc1Br. The number of nitrogens with one attached hydrogen (secondary N) is 2. The molecule has 0 aromatic heterocycles. The van der Waals surface area contributed by atoms with E-state index in [9.17, 15) is 9.59 Å². The van der Waals surface area contributed by atoms with Gasteiger partial charge in [-0.2, -0.15) is 0 Å². The molecule has 0 aliphatic carbocycles. The Balaban J connectivity index is 2.45. The van der Waals surface area contributed by atoms with Crippen LogP contribution in [0.3, 0.4) is 0 Å². The fourth-order valence-corrected chi connectivity index (χ4v) is 2.57. The van der Waals surface area contributed by atoms with E-state index in [2.05, 4.69) is 42.5 Å². The molecule has 0 aliphatic rings. The monoisotopic (exact) mass is 406 g/mol. The lowest BCUT2D eigenvalue weighted by atomic mass is 10.3. The number of hydrogen-bond donors (Lipinski definition) is 2. The molecule has 1 aromatic rings. The van der Waals surface area contributed by atoms with Crippen LogP contribution in [0.25, 0.3) is 0 Å². The molecule has 5 nitrogen and oxygen atoms in total. The van der Waals surface area contributed by atoms with Gasteiger partial charge in [-0.3, -0.25) is 9.59 Å². The molecule has 0 fully saturated rings. The third-order valence-corrected chi connectivity index (χ3v) is 3.49. The fourth-order valence-electron chi connectivity index (χ4n) is 1.41. The summed E-state index contributed by atoms with van der Waals surface area (Å²) in [5.74, 6) is -0.00161. The van der Waals surface area contributed by atoms with E-state index in [1.807, 2.05) is 19.1 Å². The Morgan fingerprint density at radius 1 is 1.35 bits per heavy atom. The van der Waals surface area contributed by atoms with Gasteiger partial charge in [-0.15, -0.1) is 0 Å². The number of halogens is 2. The fraction of sp³-hybridized carbons (Fsp3) is 0.385. The average molecular weight is 408 g/mol. The first-order valence-electron chi connectivity index (χ1n) is 6.09. The molecule has 0 aliphatic heterocycles. The Kier molecular flexibility index (Phi) is 7.01. The summed E-state index contributed by atoms with van der Waals surface area (Å²) in [6.07, 6.45) is 0. The maximum atomic E-state index is 11.7. The summed E-state index contributed by atoms with van der Waals surface area (Å²) in [4.78, 5) is 23.1. The highest BCUT2D eigenvalue weighted by molar-refractivity contribution is 9.11. The molecule has 0 radical (unpaired) electrons. The largest absolute Gasteiger partial charge is 0.483 e. The van der Waals surface area contributed by atoms with Crippen LogP contribution in [-0.2, 0) is 9.59 Å². The van der Waals surface area contributed by atoms with Crippen LogP contribution in [-0.4, -0.2) is 31.0 Å². The van der Waals surface area contributed by atoms with Crippen LogP contribution in [0, 0.1) is 0 Å². The zero-order valence-electron chi connectivity index (χ0n) is 11.2. The van der Waals surface area contributed by atoms with Crippen molar-refractivity contribution in [2.75, 3.05) is 13.2 Å². The van der Waals surface area contributed by atoms with Crippen molar-refractivity contribution in [3.63, 3.8) is 0 Å². The van der Waals surface area contributed by atoms with Crippen LogP contribution in [0.5, 0.6) is 5.75 Å². The first-order chi connectivity index (χ1) is 9.43. The molecule has 1 atom stereocenters. The lowest BCUT2D eigenvalue weighted by Gasteiger charge is -2.14. The minimum Gasteiger partial charge on any atom is -0.483 e. The van der Waals surface area contributed by atoms with Crippen LogP contribution in [0.15, 0.2) is 27.1 Å². The van der Waals surface area contributed by atoms with E-state index in [1.54, 1.807) is 13.0 Å². The van der Waals surface area contributed by atoms with Crippen LogP contribution in [0.1, 0.15) is 13.8 Å². The van der Waals surface area contributed by atoms with Gasteiger partial charge in [0.05, 0.1) is 4.47 Å². The van der Waals surface area contributed by atoms with Crippen molar-refractivity contribution < 1.29 is 14.3 Å². The third-order valence-electron chi connectivity index (χ3n) is 2.37.